The number of nitrogens with one attached hydrogen (secondary N) is 1. The van der Waals surface area contributed by atoms with Crippen molar-refractivity contribution in [2.75, 3.05) is 46.9 Å². The van der Waals surface area contributed by atoms with E-state index in [2.05, 4.69) is 30.3 Å². The average molecular weight is 360 g/mol. The molecule has 0 aromatic heterocycles. The third-order valence-corrected chi connectivity index (χ3v) is 6.11. The molecule has 5 heteroatoms. The molecule has 1 N–H and O–H groups in total. The van der Waals surface area contributed by atoms with E-state index in [1.165, 1.54) is 18.4 Å². The van der Waals surface area contributed by atoms with Gasteiger partial charge in [-0.2, -0.15) is 0 Å². The zero-order chi connectivity index (χ0) is 18.6. The van der Waals surface area contributed by atoms with Crippen LogP contribution in [0.15, 0.2) is 24.3 Å². The fourth-order valence-electron chi connectivity index (χ4n) is 4.46. The van der Waals surface area contributed by atoms with Crippen molar-refractivity contribution in [3.63, 3.8) is 0 Å². The summed E-state index contributed by atoms with van der Waals surface area (Å²) in [6.07, 6.45) is 4.31. The van der Waals surface area contributed by atoms with Crippen LogP contribution in [0.4, 0.5) is 0 Å². The van der Waals surface area contributed by atoms with Crippen molar-refractivity contribution in [3.05, 3.63) is 29.8 Å². The quantitative estimate of drug-likeness (QED) is 0.845. The molecule has 0 radical (unpaired) electrons. The van der Waals surface area contributed by atoms with Gasteiger partial charge in [0.15, 0.2) is 0 Å². The predicted molar refractivity (Wildman–Crippen MR) is 105 cm³/mol. The van der Waals surface area contributed by atoms with Crippen LogP contribution in [0.1, 0.15) is 31.7 Å². The standard InChI is InChI=1S/C21H33N3O2/c1-4-17-7-5-6-8-19(17)26-14-13-23(2)20(25)18-15-21(16-24(18)3)9-11-22-12-10-21/h5-8,18,22H,4,9-16H2,1-3H3/t18-/m0/s1. The van der Waals surface area contributed by atoms with E-state index < -0.39 is 0 Å². The number of nitrogens with zero attached hydrogens (tertiary/aromatic N) is 2. The van der Waals surface area contributed by atoms with Crippen LogP contribution in [0.3, 0.4) is 0 Å². The van der Waals surface area contributed by atoms with E-state index >= 15 is 0 Å². The van der Waals surface area contributed by atoms with E-state index in [1.807, 2.05) is 30.1 Å². The van der Waals surface area contributed by atoms with Gasteiger partial charge < -0.3 is 15.0 Å². The van der Waals surface area contributed by atoms with Crippen LogP contribution in [-0.2, 0) is 11.2 Å². The minimum atomic E-state index is 0.0148. The largest absolute Gasteiger partial charge is 0.491 e. The number of piperidine rings is 1. The number of likely N-dealkylation sites (tertiary alicyclic amines) is 1. The van der Waals surface area contributed by atoms with Gasteiger partial charge in [0, 0.05) is 13.6 Å². The third-order valence-electron chi connectivity index (χ3n) is 6.11. The van der Waals surface area contributed by atoms with Gasteiger partial charge in [-0.15, -0.1) is 0 Å². The van der Waals surface area contributed by atoms with Crippen molar-refractivity contribution in [2.45, 2.75) is 38.6 Å². The normalized spacial score (nSPS) is 22.5. The van der Waals surface area contributed by atoms with E-state index in [9.17, 15) is 4.79 Å². The van der Waals surface area contributed by atoms with Crippen molar-refractivity contribution in [1.29, 1.82) is 0 Å². The Morgan fingerprint density at radius 1 is 1.35 bits per heavy atom. The molecule has 1 amide bonds. The number of hydrogen-bond acceptors (Lipinski definition) is 4. The SMILES string of the molecule is CCc1ccccc1OCCN(C)C(=O)[C@@H]1CC2(CCNCC2)CN1C. The highest BCUT2D eigenvalue weighted by atomic mass is 16.5. The van der Waals surface area contributed by atoms with Crippen LogP contribution in [0.25, 0.3) is 0 Å². The van der Waals surface area contributed by atoms with Crippen molar-refractivity contribution < 1.29 is 9.53 Å². The molecule has 2 aliphatic rings. The molecule has 26 heavy (non-hydrogen) atoms. The fraction of sp³-hybridized carbons (Fsp3) is 0.667. The van der Waals surface area contributed by atoms with Crippen molar-refractivity contribution >= 4 is 5.91 Å². The first-order valence-corrected chi connectivity index (χ1v) is 9.91. The second-order valence-corrected chi connectivity index (χ2v) is 7.95. The molecule has 3 rings (SSSR count). The molecule has 0 aliphatic carbocycles. The lowest BCUT2D eigenvalue weighted by Crippen LogP contribution is -2.43. The Kier molecular flexibility index (Phi) is 6.20. The summed E-state index contributed by atoms with van der Waals surface area (Å²) in [5.74, 6) is 1.16. The molecular formula is C21H33N3O2. The molecule has 5 nitrogen and oxygen atoms in total. The number of carbonyl (C=O) groups is 1. The Morgan fingerprint density at radius 2 is 2.08 bits per heavy atom. The molecule has 1 spiro atoms. The number of para-hydroxylation sites is 1. The molecule has 2 saturated heterocycles. The van der Waals surface area contributed by atoms with Crippen molar-refractivity contribution in [3.8, 4) is 5.75 Å². The molecular weight excluding hydrogens is 326 g/mol. The summed E-state index contributed by atoms with van der Waals surface area (Å²) in [5, 5.41) is 3.44. The molecule has 2 fully saturated rings. The smallest absolute Gasteiger partial charge is 0.239 e. The van der Waals surface area contributed by atoms with Crippen LogP contribution < -0.4 is 10.1 Å². The van der Waals surface area contributed by atoms with E-state index in [-0.39, 0.29) is 11.9 Å². The summed E-state index contributed by atoms with van der Waals surface area (Å²) in [6, 6.07) is 8.15. The van der Waals surface area contributed by atoms with Gasteiger partial charge >= 0.3 is 0 Å². The topological polar surface area (TPSA) is 44.8 Å². The van der Waals surface area contributed by atoms with Gasteiger partial charge in [-0.05, 0) is 62.9 Å². The average Bonchev–Trinajstić information content (AvgIpc) is 2.97. The van der Waals surface area contributed by atoms with Crippen LogP contribution in [-0.4, -0.2) is 68.6 Å². The summed E-state index contributed by atoms with van der Waals surface area (Å²) in [5.41, 5.74) is 1.54. The van der Waals surface area contributed by atoms with E-state index in [1.54, 1.807) is 0 Å². The van der Waals surface area contributed by atoms with Crippen LogP contribution in [0.2, 0.25) is 0 Å². The minimum Gasteiger partial charge on any atom is -0.491 e. The summed E-state index contributed by atoms with van der Waals surface area (Å²) >= 11 is 0. The summed E-state index contributed by atoms with van der Waals surface area (Å²) in [7, 11) is 4.00. The molecule has 144 valence electrons. The summed E-state index contributed by atoms with van der Waals surface area (Å²) in [6.45, 7) is 6.48. The molecule has 1 atom stereocenters. The molecule has 2 aliphatic heterocycles. The number of carbonyl (C=O) groups excluding carboxylic acids is 1. The van der Waals surface area contributed by atoms with Gasteiger partial charge in [0.2, 0.25) is 5.91 Å². The second-order valence-electron chi connectivity index (χ2n) is 7.95. The van der Waals surface area contributed by atoms with Gasteiger partial charge in [-0.25, -0.2) is 0 Å². The highest BCUT2D eigenvalue weighted by Crippen LogP contribution is 2.41. The molecule has 0 unspecified atom stereocenters. The van der Waals surface area contributed by atoms with Gasteiger partial charge in [0.25, 0.3) is 0 Å². The summed E-state index contributed by atoms with van der Waals surface area (Å²) in [4.78, 5) is 17.1. The van der Waals surface area contributed by atoms with Gasteiger partial charge in [0.1, 0.15) is 12.4 Å². The summed E-state index contributed by atoms with van der Waals surface area (Å²) < 4.78 is 5.93. The Bertz CT molecular complexity index is 613. The van der Waals surface area contributed by atoms with Crippen LogP contribution in [0, 0.1) is 5.41 Å². The second kappa shape index (κ2) is 8.40. The predicted octanol–water partition coefficient (Wildman–Crippen LogP) is 2.16. The lowest BCUT2D eigenvalue weighted by molar-refractivity contribution is -0.134. The number of rotatable bonds is 6. The zero-order valence-electron chi connectivity index (χ0n) is 16.5. The molecule has 1 aromatic rings. The number of amides is 1. The van der Waals surface area contributed by atoms with Crippen LogP contribution in [0.5, 0.6) is 5.75 Å². The van der Waals surface area contributed by atoms with Crippen molar-refractivity contribution in [1.82, 2.24) is 15.1 Å². The molecule has 1 aromatic carbocycles. The minimum absolute atomic E-state index is 0.0148. The lowest BCUT2D eigenvalue weighted by Gasteiger charge is -2.33. The zero-order valence-corrected chi connectivity index (χ0v) is 16.5. The number of likely N-dealkylation sites (N-methyl/N-ethyl adjacent to an activating group) is 2. The Balaban J connectivity index is 1.51. The molecule has 0 saturated carbocycles. The van der Waals surface area contributed by atoms with Gasteiger partial charge in [0.05, 0.1) is 12.6 Å². The first-order valence-electron chi connectivity index (χ1n) is 9.91. The monoisotopic (exact) mass is 359 g/mol. The molecule has 0 bridgehead atoms. The number of hydrogen-bond donors (Lipinski definition) is 1. The van der Waals surface area contributed by atoms with Gasteiger partial charge in [-0.3, -0.25) is 9.69 Å². The fourth-order valence-corrected chi connectivity index (χ4v) is 4.46. The highest BCUT2D eigenvalue weighted by Gasteiger charge is 2.46. The highest BCUT2D eigenvalue weighted by molar-refractivity contribution is 5.82. The maximum absolute atomic E-state index is 13.0. The third kappa shape index (κ3) is 4.21. The number of benzene rings is 1. The molecule has 2 heterocycles. The number of aryl methyl sites for hydroxylation is 1. The lowest BCUT2D eigenvalue weighted by atomic mass is 9.77. The Morgan fingerprint density at radius 3 is 2.81 bits per heavy atom. The first kappa shape index (κ1) is 19.2. The maximum atomic E-state index is 13.0. The Hall–Kier alpha value is -1.59. The van der Waals surface area contributed by atoms with Gasteiger partial charge in [-0.1, -0.05) is 25.1 Å². The van der Waals surface area contributed by atoms with E-state index in [0.29, 0.717) is 18.6 Å². The first-order chi connectivity index (χ1) is 12.5. The maximum Gasteiger partial charge on any atom is 0.239 e. The Labute approximate surface area is 157 Å². The van der Waals surface area contributed by atoms with E-state index in [4.69, 9.17) is 4.74 Å². The van der Waals surface area contributed by atoms with Crippen LogP contribution >= 0.6 is 0 Å². The number of ether oxygens (including phenoxy) is 1. The van der Waals surface area contributed by atoms with E-state index in [0.717, 1.165) is 38.2 Å². The van der Waals surface area contributed by atoms with Crippen molar-refractivity contribution in [2.24, 2.45) is 5.41 Å².